The van der Waals surface area contributed by atoms with Crippen molar-refractivity contribution in [2.24, 2.45) is 0 Å². The molecule has 0 atom stereocenters. The Morgan fingerprint density at radius 3 is 2.65 bits per heavy atom. The van der Waals surface area contributed by atoms with Crippen LogP contribution in [0.5, 0.6) is 0 Å². The van der Waals surface area contributed by atoms with Crippen LogP contribution in [0, 0.1) is 13.8 Å². The number of hydrogen-bond donors (Lipinski definition) is 0. The van der Waals surface area contributed by atoms with E-state index in [0.717, 1.165) is 16.7 Å². The molecular weight excluding hydrogens is 228 g/mol. The second kappa shape index (κ2) is 5.11. The van der Waals surface area contributed by atoms with Gasteiger partial charge in [0.1, 0.15) is 0 Å². The molecule has 0 fully saturated rings. The van der Waals surface area contributed by atoms with E-state index in [2.05, 4.69) is 0 Å². The molecule has 2 aromatic rings. The van der Waals surface area contributed by atoms with E-state index in [-0.39, 0.29) is 5.78 Å². The minimum absolute atomic E-state index is 0.0549. The van der Waals surface area contributed by atoms with Crippen LogP contribution in [0.2, 0.25) is 0 Å². The van der Waals surface area contributed by atoms with Gasteiger partial charge >= 0.3 is 0 Å². The van der Waals surface area contributed by atoms with Crippen molar-refractivity contribution >= 4 is 23.2 Å². The Labute approximate surface area is 105 Å². The predicted molar refractivity (Wildman–Crippen MR) is 73.6 cm³/mol. The molecule has 0 aliphatic heterocycles. The molecule has 0 saturated carbocycles. The molecule has 1 aromatic carbocycles. The number of ketones is 1. The van der Waals surface area contributed by atoms with Crippen molar-refractivity contribution in [2.75, 3.05) is 0 Å². The van der Waals surface area contributed by atoms with E-state index in [1.807, 2.05) is 54.9 Å². The summed E-state index contributed by atoms with van der Waals surface area (Å²) in [5.41, 5.74) is 4.19. The van der Waals surface area contributed by atoms with Crippen LogP contribution >= 0.6 is 11.3 Å². The molecule has 1 aromatic heterocycles. The van der Waals surface area contributed by atoms with Gasteiger partial charge in [-0.25, -0.2) is 0 Å². The van der Waals surface area contributed by atoms with Crippen LogP contribution in [0.3, 0.4) is 0 Å². The first-order valence-corrected chi connectivity index (χ1v) is 6.43. The first-order chi connectivity index (χ1) is 8.16. The van der Waals surface area contributed by atoms with Crippen LogP contribution in [0.1, 0.15) is 27.0 Å². The van der Waals surface area contributed by atoms with Crippen LogP contribution < -0.4 is 0 Å². The van der Waals surface area contributed by atoms with Gasteiger partial charge in [0.15, 0.2) is 5.78 Å². The molecule has 2 heteroatoms. The molecule has 0 N–H and O–H groups in total. The highest BCUT2D eigenvalue weighted by molar-refractivity contribution is 7.08. The highest BCUT2D eigenvalue weighted by atomic mass is 32.1. The van der Waals surface area contributed by atoms with E-state index in [0.29, 0.717) is 0 Å². The normalized spacial score (nSPS) is 10.9. The van der Waals surface area contributed by atoms with Gasteiger partial charge in [0.25, 0.3) is 0 Å². The highest BCUT2D eigenvalue weighted by Crippen LogP contribution is 2.12. The second-order valence-electron chi connectivity index (χ2n) is 4.05. The molecule has 1 nitrogen and oxygen atoms in total. The van der Waals surface area contributed by atoms with Crippen LogP contribution in [0.25, 0.3) is 6.08 Å². The Hall–Kier alpha value is -1.67. The fraction of sp³-hybridized carbons (Fsp3) is 0.133. The molecule has 0 aliphatic carbocycles. The molecule has 0 amide bonds. The Bertz CT molecular complexity index is 550. The van der Waals surface area contributed by atoms with Crippen molar-refractivity contribution < 1.29 is 4.79 Å². The first-order valence-electron chi connectivity index (χ1n) is 5.48. The largest absolute Gasteiger partial charge is 0.289 e. The second-order valence-corrected chi connectivity index (χ2v) is 4.83. The lowest BCUT2D eigenvalue weighted by Crippen LogP contribution is -1.95. The van der Waals surface area contributed by atoms with Gasteiger partial charge in [-0.2, -0.15) is 11.3 Å². The number of hydrogen-bond acceptors (Lipinski definition) is 2. The van der Waals surface area contributed by atoms with Crippen molar-refractivity contribution in [3.8, 4) is 0 Å². The summed E-state index contributed by atoms with van der Waals surface area (Å²) in [6, 6.07) is 7.80. The number of thiophene rings is 1. The van der Waals surface area contributed by atoms with E-state index in [9.17, 15) is 4.79 Å². The topological polar surface area (TPSA) is 17.1 Å². The van der Waals surface area contributed by atoms with Crippen LogP contribution in [-0.2, 0) is 0 Å². The Morgan fingerprint density at radius 2 is 2.00 bits per heavy atom. The summed E-state index contributed by atoms with van der Waals surface area (Å²) in [5, 5.41) is 4.02. The van der Waals surface area contributed by atoms with Crippen molar-refractivity contribution in [3.63, 3.8) is 0 Å². The monoisotopic (exact) mass is 242 g/mol. The third-order valence-electron chi connectivity index (χ3n) is 2.76. The lowest BCUT2D eigenvalue weighted by molar-refractivity contribution is 0.104. The SMILES string of the molecule is Cc1ccc(C(=O)/C=C/c2ccsc2)cc1C. The third kappa shape index (κ3) is 2.92. The first kappa shape index (κ1) is 11.8. The molecule has 17 heavy (non-hydrogen) atoms. The van der Waals surface area contributed by atoms with Gasteiger partial charge in [0, 0.05) is 5.56 Å². The van der Waals surface area contributed by atoms with Crippen molar-refractivity contribution in [2.45, 2.75) is 13.8 Å². The molecular formula is C15H14OS. The summed E-state index contributed by atoms with van der Waals surface area (Å²) in [7, 11) is 0. The number of carbonyl (C=O) groups is 1. The maximum atomic E-state index is 11.9. The van der Waals surface area contributed by atoms with E-state index >= 15 is 0 Å². The number of benzene rings is 1. The van der Waals surface area contributed by atoms with Crippen molar-refractivity contribution in [1.82, 2.24) is 0 Å². The molecule has 0 saturated heterocycles. The van der Waals surface area contributed by atoms with Crippen molar-refractivity contribution in [3.05, 3.63) is 63.4 Å². The maximum absolute atomic E-state index is 11.9. The van der Waals surface area contributed by atoms with E-state index in [1.165, 1.54) is 5.56 Å². The lowest BCUT2D eigenvalue weighted by atomic mass is 10.0. The quantitative estimate of drug-likeness (QED) is 0.580. The van der Waals surface area contributed by atoms with Gasteiger partial charge in [-0.1, -0.05) is 18.2 Å². The van der Waals surface area contributed by atoms with Crippen LogP contribution in [0.15, 0.2) is 41.1 Å². The Kier molecular flexibility index (Phi) is 3.55. The van der Waals surface area contributed by atoms with Gasteiger partial charge in [0.2, 0.25) is 0 Å². The van der Waals surface area contributed by atoms with E-state index in [1.54, 1.807) is 17.4 Å². The Morgan fingerprint density at radius 1 is 1.18 bits per heavy atom. The maximum Gasteiger partial charge on any atom is 0.185 e. The van der Waals surface area contributed by atoms with Crippen LogP contribution in [-0.4, -0.2) is 5.78 Å². The number of aryl methyl sites for hydroxylation is 2. The number of rotatable bonds is 3. The average Bonchev–Trinajstić information content (AvgIpc) is 2.82. The van der Waals surface area contributed by atoms with Gasteiger partial charge in [-0.3, -0.25) is 4.79 Å². The summed E-state index contributed by atoms with van der Waals surface area (Å²) in [6.07, 6.45) is 3.49. The third-order valence-corrected chi connectivity index (χ3v) is 3.46. The highest BCUT2D eigenvalue weighted by Gasteiger charge is 2.02. The zero-order valence-electron chi connectivity index (χ0n) is 9.94. The van der Waals surface area contributed by atoms with Gasteiger partial charge < -0.3 is 0 Å². The summed E-state index contributed by atoms with van der Waals surface area (Å²) in [5.74, 6) is 0.0549. The molecule has 0 bridgehead atoms. The summed E-state index contributed by atoms with van der Waals surface area (Å²) in [4.78, 5) is 11.9. The van der Waals surface area contributed by atoms with Gasteiger partial charge in [-0.05, 0) is 59.5 Å². The number of allylic oxidation sites excluding steroid dienone is 1. The lowest BCUT2D eigenvalue weighted by Gasteiger charge is -2.01. The van der Waals surface area contributed by atoms with Gasteiger partial charge in [-0.15, -0.1) is 0 Å². The average molecular weight is 242 g/mol. The van der Waals surface area contributed by atoms with E-state index in [4.69, 9.17) is 0 Å². The summed E-state index contributed by atoms with van der Waals surface area (Å²) < 4.78 is 0. The molecule has 2 rings (SSSR count). The van der Waals surface area contributed by atoms with E-state index < -0.39 is 0 Å². The minimum Gasteiger partial charge on any atom is -0.289 e. The van der Waals surface area contributed by atoms with Crippen molar-refractivity contribution in [1.29, 1.82) is 0 Å². The minimum atomic E-state index is 0.0549. The summed E-state index contributed by atoms with van der Waals surface area (Å²) in [6.45, 7) is 4.07. The molecule has 86 valence electrons. The molecule has 0 unspecified atom stereocenters. The summed E-state index contributed by atoms with van der Waals surface area (Å²) >= 11 is 1.63. The Balaban J connectivity index is 2.17. The van der Waals surface area contributed by atoms with Gasteiger partial charge in [0.05, 0.1) is 0 Å². The van der Waals surface area contributed by atoms with Crippen LogP contribution in [0.4, 0.5) is 0 Å². The zero-order valence-corrected chi connectivity index (χ0v) is 10.8. The molecule has 0 spiro atoms. The number of carbonyl (C=O) groups excluding carboxylic acids is 1. The fourth-order valence-electron chi connectivity index (χ4n) is 1.53. The fourth-order valence-corrected chi connectivity index (χ4v) is 2.16. The zero-order chi connectivity index (χ0) is 12.3. The standard InChI is InChI=1S/C15H14OS/c1-11-3-5-14(9-12(11)2)15(16)6-4-13-7-8-17-10-13/h3-10H,1-2H3/b6-4+. The predicted octanol–water partition coefficient (Wildman–Crippen LogP) is 4.26. The molecule has 0 radical (unpaired) electrons. The smallest absolute Gasteiger partial charge is 0.185 e. The molecule has 0 aliphatic rings. The molecule has 1 heterocycles.